The molecule has 0 radical (unpaired) electrons. The summed E-state index contributed by atoms with van der Waals surface area (Å²) in [6.07, 6.45) is 4.02. The third-order valence-corrected chi connectivity index (χ3v) is 7.04. The minimum Gasteiger partial charge on any atom is -0.467 e. The van der Waals surface area contributed by atoms with E-state index in [-0.39, 0.29) is 12.2 Å². The minimum absolute atomic E-state index is 0.0589. The summed E-state index contributed by atoms with van der Waals surface area (Å²) in [5.41, 5.74) is 2.25. The van der Waals surface area contributed by atoms with E-state index in [2.05, 4.69) is 22.0 Å². The Labute approximate surface area is 195 Å². The van der Waals surface area contributed by atoms with E-state index in [1.807, 2.05) is 30.3 Å². The number of thiophene rings is 1. The van der Waals surface area contributed by atoms with Gasteiger partial charge in [-0.15, -0.1) is 11.3 Å². The highest BCUT2D eigenvalue weighted by Gasteiger charge is 2.22. The van der Waals surface area contributed by atoms with Gasteiger partial charge in [0.2, 0.25) is 0 Å². The molecule has 2 N–H and O–H groups in total. The van der Waals surface area contributed by atoms with Gasteiger partial charge in [-0.05, 0) is 42.5 Å². The van der Waals surface area contributed by atoms with Crippen LogP contribution in [0.15, 0.2) is 57.9 Å². The Hall–Kier alpha value is -2.78. The molecular formula is C25H27N3O4S. The molecule has 0 saturated carbocycles. The summed E-state index contributed by atoms with van der Waals surface area (Å²) < 4.78 is 10.9. The number of hydrogen-bond acceptors (Lipinski definition) is 7. The molecule has 1 atom stereocenters. The summed E-state index contributed by atoms with van der Waals surface area (Å²) in [6.45, 7) is 1.94. The van der Waals surface area contributed by atoms with Gasteiger partial charge in [-0.3, -0.25) is 9.69 Å². The van der Waals surface area contributed by atoms with E-state index in [4.69, 9.17) is 14.1 Å². The Balaban J connectivity index is 1.30. The van der Waals surface area contributed by atoms with Crippen LogP contribution in [0.2, 0.25) is 0 Å². The number of hydrogen-bond donors (Lipinski definition) is 2. The number of nitrogens with zero attached hydrogens (tertiary/aromatic N) is 2. The smallest absolute Gasteiger partial charge is 0.259 e. The number of ether oxygens (including phenoxy) is 1. The van der Waals surface area contributed by atoms with E-state index >= 15 is 0 Å². The summed E-state index contributed by atoms with van der Waals surface area (Å²) in [5, 5.41) is 11.4. The van der Waals surface area contributed by atoms with Gasteiger partial charge in [-0.1, -0.05) is 30.3 Å². The Bertz CT molecular complexity index is 1250. The van der Waals surface area contributed by atoms with Crippen molar-refractivity contribution in [2.24, 2.45) is 0 Å². The molecule has 3 heterocycles. The molecule has 1 aliphatic carbocycles. The molecule has 1 aromatic carbocycles. The molecule has 8 heteroatoms. The van der Waals surface area contributed by atoms with E-state index in [0.717, 1.165) is 40.8 Å². The molecule has 3 aromatic heterocycles. The zero-order chi connectivity index (χ0) is 22.6. The lowest BCUT2D eigenvalue weighted by molar-refractivity contribution is 0.00217. The van der Waals surface area contributed by atoms with Crippen LogP contribution in [0.1, 0.15) is 34.0 Å². The molecule has 172 valence electrons. The topological polar surface area (TPSA) is 91.6 Å². The van der Waals surface area contributed by atoms with Crippen LogP contribution in [0.3, 0.4) is 0 Å². The second kappa shape index (κ2) is 10.0. The molecule has 1 unspecified atom stereocenters. The van der Waals surface area contributed by atoms with Gasteiger partial charge in [0.15, 0.2) is 0 Å². The summed E-state index contributed by atoms with van der Waals surface area (Å²) in [6, 6.07) is 13.7. The van der Waals surface area contributed by atoms with Crippen LogP contribution in [0.25, 0.3) is 10.2 Å². The predicted octanol–water partition coefficient (Wildman–Crippen LogP) is 3.65. The first-order valence-corrected chi connectivity index (χ1v) is 12.1. The maximum atomic E-state index is 12.9. The summed E-state index contributed by atoms with van der Waals surface area (Å²) >= 11 is 1.64. The second-order valence-electron chi connectivity index (χ2n) is 8.45. The van der Waals surface area contributed by atoms with E-state index in [1.165, 1.54) is 10.4 Å². The molecule has 0 saturated heterocycles. The first-order chi connectivity index (χ1) is 16.2. The SMILES string of the molecule is O=c1[nH]c(CN(Cc2ccccc2)CC(O)COCc2ccco2)nc2sc3c(c12)CCC3. The number of fused-ring (bicyclic) bond motifs is 3. The predicted molar refractivity (Wildman–Crippen MR) is 127 cm³/mol. The highest BCUT2D eigenvalue weighted by molar-refractivity contribution is 7.18. The number of rotatable bonds is 10. The normalized spacial score (nSPS) is 14.2. The third kappa shape index (κ3) is 5.25. The molecule has 33 heavy (non-hydrogen) atoms. The lowest BCUT2D eigenvalue weighted by Gasteiger charge is -2.24. The van der Waals surface area contributed by atoms with Crippen LogP contribution in [-0.2, 0) is 37.3 Å². The van der Waals surface area contributed by atoms with Gasteiger partial charge in [-0.2, -0.15) is 0 Å². The van der Waals surface area contributed by atoms with Crippen LogP contribution in [0.5, 0.6) is 0 Å². The largest absolute Gasteiger partial charge is 0.467 e. The van der Waals surface area contributed by atoms with Crippen LogP contribution in [0, 0.1) is 0 Å². The van der Waals surface area contributed by atoms with E-state index < -0.39 is 6.10 Å². The fourth-order valence-corrected chi connectivity index (χ4v) is 5.68. The van der Waals surface area contributed by atoms with Crippen molar-refractivity contribution in [1.29, 1.82) is 0 Å². The van der Waals surface area contributed by atoms with Gasteiger partial charge in [-0.25, -0.2) is 4.98 Å². The van der Waals surface area contributed by atoms with Crippen molar-refractivity contribution in [2.75, 3.05) is 13.2 Å². The van der Waals surface area contributed by atoms with Gasteiger partial charge in [0.25, 0.3) is 5.56 Å². The first kappa shape index (κ1) is 22.0. The van der Waals surface area contributed by atoms with Crippen molar-refractivity contribution in [3.8, 4) is 0 Å². The highest BCUT2D eigenvalue weighted by Crippen LogP contribution is 2.34. The van der Waals surface area contributed by atoms with Crippen molar-refractivity contribution in [3.63, 3.8) is 0 Å². The number of benzene rings is 1. The van der Waals surface area contributed by atoms with Crippen LogP contribution < -0.4 is 5.56 Å². The monoisotopic (exact) mass is 465 g/mol. The number of aromatic nitrogens is 2. The lowest BCUT2D eigenvalue weighted by Crippen LogP contribution is -2.35. The van der Waals surface area contributed by atoms with E-state index in [0.29, 0.717) is 32.1 Å². The van der Waals surface area contributed by atoms with Gasteiger partial charge in [0.05, 0.1) is 30.9 Å². The second-order valence-corrected chi connectivity index (χ2v) is 9.54. The lowest BCUT2D eigenvalue weighted by atomic mass is 10.2. The first-order valence-electron chi connectivity index (χ1n) is 11.2. The molecule has 1 aliphatic rings. The standard InChI is InChI=1S/C25H27N3O4S/c29-18(15-31-16-19-8-5-11-32-19)13-28(12-17-6-2-1-3-7-17)14-22-26-24(30)23-20-9-4-10-21(20)33-25(23)27-22/h1-3,5-8,11,18,29H,4,9-10,12-16H2,(H,26,27,30). The Morgan fingerprint density at radius 3 is 2.88 bits per heavy atom. The molecule has 0 bridgehead atoms. The molecule has 0 amide bonds. The molecule has 4 aromatic rings. The van der Waals surface area contributed by atoms with Crippen molar-refractivity contribution in [3.05, 3.63) is 86.7 Å². The molecule has 7 nitrogen and oxygen atoms in total. The van der Waals surface area contributed by atoms with Crippen molar-refractivity contribution >= 4 is 21.6 Å². The molecule has 0 aliphatic heterocycles. The summed E-state index contributed by atoms with van der Waals surface area (Å²) in [4.78, 5) is 24.8. The Kier molecular flexibility index (Phi) is 6.68. The Morgan fingerprint density at radius 1 is 1.18 bits per heavy atom. The zero-order valence-electron chi connectivity index (χ0n) is 18.3. The van der Waals surface area contributed by atoms with Crippen LogP contribution in [-0.4, -0.2) is 39.2 Å². The number of nitrogens with one attached hydrogen (secondary N) is 1. The summed E-state index contributed by atoms with van der Waals surface area (Å²) in [7, 11) is 0. The Morgan fingerprint density at radius 2 is 2.06 bits per heavy atom. The molecule has 5 rings (SSSR count). The van der Waals surface area contributed by atoms with Crippen LogP contribution >= 0.6 is 11.3 Å². The third-order valence-electron chi connectivity index (χ3n) is 5.85. The summed E-state index contributed by atoms with van der Waals surface area (Å²) in [5.74, 6) is 1.34. The number of aliphatic hydroxyl groups excluding tert-OH is 1. The fraction of sp³-hybridized carbons (Fsp3) is 0.360. The number of aromatic amines is 1. The average molecular weight is 466 g/mol. The van der Waals surface area contributed by atoms with Crippen molar-refractivity contribution in [2.45, 2.75) is 45.1 Å². The maximum absolute atomic E-state index is 12.9. The van der Waals surface area contributed by atoms with E-state index in [9.17, 15) is 9.90 Å². The molecular weight excluding hydrogens is 438 g/mol. The van der Waals surface area contributed by atoms with Crippen molar-refractivity contribution in [1.82, 2.24) is 14.9 Å². The number of aryl methyl sites for hydroxylation is 2. The zero-order valence-corrected chi connectivity index (χ0v) is 19.1. The highest BCUT2D eigenvalue weighted by atomic mass is 32.1. The van der Waals surface area contributed by atoms with Gasteiger partial charge in [0.1, 0.15) is 23.0 Å². The van der Waals surface area contributed by atoms with Gasteiger partial charge >= 0.3 is 0 Å². The quantitative estimate of drug-likeness (QED) is 0.372. The van der Waals surface area contributed by atoms with Crippen molar-refractivity contribution < 1.29 is 14.3 Å². The fourth-order valence-electron chi connectivity index (χ4n) is 4.40. The number of H-pyrrole nitrogens is 1. The van der Waals surface area contributed by atoms with Crippen LogP contribution in [0.4, 0.5) is 0 Å². The van der Waals surface area contributed by atoms with Gasteiger partial charge < -0.3 is 19.2 Å². The van der Waals surface area contributed by atoms with E-state index in [1.54, 1.807) is 17.6 Å². The molecule has 0 fully saturated rings. The van der Waals surface area contributed by atoms with Gasteiger partial charge in [0, 0.05) is 18.0 Å². The number of furan rings is 1. The average Bonchev–Trinajstić information content (AvgIpc) is 3.52. The number of aliphatic hydroxyl groups is 1. The minimum atomic E-state index is -0.690. The molecule has 0 spiro atoms. The maximum Gasteiger partial charge on any atom is 0.259 e.